The molecule has 0 bridgehead atoms. The van der Waals surface area contributed by atoms with E-state index in [1.54, 1.807) is 0 Å². The van der Waals surface area contributed by atoms with E-state index >= 15 is 0 Å². The summed E-state index contributed by atoms with van der Waals surface area (Å²) < 4.78 is 0. The van der Waals surface area contributed by atoms with Gasteiger partial charge in [-0.25, -0.2) is 0 Å². The molecule has 6 heteroatoms. The molecule has 152 valence electrons. The van der Waals surface area contributed by atoms with Gasteiger partial charge in [0.25, 0.3) is 5.56 Å². The fourth-order valence-corrected chi connectivity index (χ4v) is 3.82. The molecule has 0 atom stereocenters. The van der Waals surface area contributed by atoms with Crippen LogP contribution in [0.2, 0.25) is 0 Å². The van der Waals surface area contributed by atoms with Crippen LogP contribution in [0.25, 0.3) is 10.9 Å². The molecule has 3 rings (SSSR count). The lowest BCUT2D eigenvalue weighted by Crippen LogP contribution is -2.38. The van der Waals surface area contributed by atoms with Crippen LogP contribution in [0.1, 0.15) is 29.2 Å². The summed E-state index contributed by atoms with van der Waals surface area (Å²) in [6.45, 7) is 6.75. The Kier molecular flexibility index (Phi) is 6.67. The number of hydrogen-bond acceptors (Lipinski definition) is 3. The van der Waals surface area contributed by atoms with Gasteiger partial charge in [-0.15, -0.1) is 0 Å². The van der Waals surface area contributed by atoms with Gasteiger partial charge < -0.3 is 20.3 Å². The second-order valence-electron chi connectivity index (χ2n) is 7.25. The van der Waals surface area contributed by atoms with Crippen LogP contribution in [0.5, 0.6) is 0 Å². The first kappa shape index (κ1) is 21.0. The van der Waals surface area contributed by atoms with Crippen LogP contribution in [0.15, 0.2) is 47.3 Å². The van der Waals surface area contributed by atoms with Gasteiger partial charge in [0.1, 0.15) is 0 Å². The van der Waals surface area contributed by atoms with Crippen LogP contribution in [-0.2, 0) is 13.0 Å². The van der Waals surface area contributed by atoms with Crippen molar-refractivity contribution in [3.05, 3.63) is 75.1 Å². The maximum Gasteiger partial charge on any atom is 0.253 e. The van der Waals surface area contributed by atoms with Gasteiger partial charge in [-0.05, 0) is 67.4 Å². The van der Waals surface area contributed by atoms with Crippen LogP contribution in [0.3, 0.4) is 0 Å². The second kappa shape index (κ2) is 9.20. The fraction of sp³-hybridized carbons (Fsp3) is 0.304. The topological polar surface area (TPSA) is 68.4 Å². The van der Waals surface area contributed by atoms with Gasteiger partial charge in [0.2, 0.25) is 0 Å². The number of fused-ring (bicyclic) bond motifs is 1. The van der Waals surface area contributed by atoms with Gasteiger partial charge in [-0.3, -0.25) is 4.79 Å². The predicted molar refractivity (Wildman–Crippen MR) is 124 cm³/mol. The van der Waals surface area contributed by atoms with Crippen molar-refractivity contribution in [3.8, 4) is 0 Å². The summed E-state index contributed by atoms with van der Waals surface area (Å²) in [5.74, 6) is 0. The molecule has 2 aromatic carbocycles. The van der Waals surface area contributed by atoms with Crippen LogP contribution in [0, 0.1) is 13.8 Å². The molecular weight excluding hydrogens is 382 g/mol. The number of nitrogens with zero attached hydrogens (tertiary/aromatic N) is 1. The van der Waals surface area contributed by atoms with E-state index in [9.17, 15) is 9.90 Å². The van der Waals surface area contributed by atoms with Gasteiger partial charge in [-0.1, -0.05) is 31.2 Å². The number of thiocarbonyl (C=S) groups is 1. The lowest BCUT2D eigenvalue weighted by Gasteiger charge is -2.26. The number of aliphatic hydroxyl groups excluding tert-OH is 1. The van der Waals surface area contributed by atoms with Crippen LogP contribution in [0.4, 0.5) is 5.69 Å². The van der Waals surface area contributed by atoms with Gasteiger partial charge in [-0.2, -0.15) is 0 Å². The summed E-state index contributed by atoms with van der Waals surface area (Å²) in [6.07, 6.45) is 0.884. The number of pyridine rings is 1. The molecule has 0 saturated heterocycles. The van der Waals surface area contributed by atoms with E-state index in [1.807, 2.05) is 49.1 Å². The zero-order valence-corrected chi connectivity index (χ0v) is 17.9. The van der Waals surface area contributed by atoms with Crippen molar-refractivity contribution in [1.29, 1.82) is 0 Å². The van der Waals surface area contributed by atoms with Crippen molar-refractivity contribution in [3.63, 3.8) is 0 Å². The lowest BCUT2D eigenvalue weighted by molar-refractivity contribution is 0.248. The molecule has 3 N–H and O–H groups in total. The molecule has 3 aromatic rings. The van der Waals surface area contributed by atoms with Gasteiger partial charge in [0.05, 0.1) is 13.2 Å². The maximum absolute atomic E-state index is 12.7. The molecule has 0 aliphatic carbocycles. The number of aromatic nitrogens is 1. The minimum atomic E-state index is -0.137. The molecule has 0 aliphatic heterocycles. The molecule has 1 heterocycles. The third-order valence-corrected chi connectivity index (χ3v) is 5.41. The first-order valence-corrected chi connectivity index (χ1v) is 10.2. The van der Waals surface area contributed by atoms with Crippen molar-refractivity contribution in [2.45, 2.75) is 33.7 Å². The number of hydrogen-bond donors (Lipinski definition) is 3. The largest absolute Gasteiger partial charge is 0.395 e. The Morgan fingerprint density at radius 3 is 2.66 bits per heavy atom. The van der Waals surface area contributed by atoms with E-state index in [0.29, 0.717) is 23.8 Å². The summed E-state index contributed by atoms with van der Waals surface area (Å²) in [7, 11) is 0. The minimum Gasteiger partial charge on any atom is -0.395 e. The Morgan fingerprint density at radius 2 is 1.93 bits per heavy atom. The number of nitrogens with one attached hydrogen (secondary N) is 2. The molecule has 5 nitrogen and oxygen atoms in total. The molecule has 29 heavy (non-hydrogen) atoms. The van der Waals surface area contributed by atoms with Gasteiger partial charge in [0.15, 0.2) is 5.11 Å². The number of aromatic amines is 1. The Hall–Kier alpha value is -2.70. The predicted octanol–water partition coefficient (Wildman–Crippen LogP) is 3.90. The molecular formula is C23H27N3O2S. The van der Waals surface area contributed by atoms with Crippen molar-refractivity contribution in [2.75, 3.05) is 18.5 Å². The minimum absolute atomic E-state index is 0.0546. The first-order chi connectivity index (χ1) is 13.9. The molecule has 0 aliphatic rings. The number of anilines is 1. The zero-order chi connectivity index (χ0) is 21.0. The van der Waals surface area contributed by atoms with Crippen molar-refractivity contribution in [2.24, 2.45) is 0 Å². The highest BCUT2D eigenvalue weighted by Crippen LogP contribution is 2.20. The summed E-state index contributed by atoms with van der Waals surface area (Å²) in [5, 5.41) is 14.3. The molecule has 0 saturated carbocycles. The number of H-pyrrole nitrogens is 1. The number of para-hydroxylation sites is 1. The smallest absolute Gasteiger partial charge is 0.253 e. The number of benzene rings is 2. The molecule has 0 unspecified atom stereocenters. The van der Waals surface area contributed by atoms with Gasteiger partial charge in [0, 0.05) is 28.7 Å². The molecule has 0 amide bonds. The highest BCUT2D eigenvalue weighted by molar-refractivity contribution is 7.80. The lowest BCUT2D eigenvalue weighted by atomic mass is 10.0. The monoisotopic (exact) mass is 409 g/mol. The SMILES string of the molecule is CCc1ccccc1NC(=S)N(CCO)Cc1cc2c(C)cc(C)cc2[nH]c1=O. The Bertz CT molecular complexity index is 1090. The number of aryl methyl sites for hydroxylation is 3. The highest BCUT2D eigenvalue weighted by atomic mass is 32.1. The van der Waals surface area contributed by atoms with Crippen molar-refractivity contribution >= 4 is 33.9 Å². The van der Waals surface area contributed by atoms with Crippen LogP contribution >= 0.6 is 12.2 Å². The first-order valence-electron chi connectivity index (χ1n) is 9.80. The molecule has 0 radical (unpaired) electrons. The normalized spacial score (nSPS) is 10.9. The third kappa shape index (κ3) is 4.83. The van der Waals surface area contributed by atoms with Crippen molar-refractivity contribution in [1.82, 2.24) is 9.88 Å². The summed E-state index contributed by atoms with van der Waals surface area (Å²) in [4.78, 5) is 17.5. The molecule has 0 fully saturated rings. The summed E-state index contributed by atoms with van der Waals surface area (Å²) in [5.41, 5.74) is 5.65. The maximum atomic E-state index is 12.7. The van der Waals surface area contributed by atoms with E-state index in [0.717, 1.165) is 39.7 Å². The van der Waals surface area contributed by atoms with E-state index in [1.165, 1.54) is 0 Å². The molecule has 0 spiro atoms. The third-order valence-electron chi connectivity index (χ3n) is 5.05. The van der Waals surface area contributed by atoms with Crippen LogP contribution in [-0.4, -0.2) is 33.3 Å². The summed E-state index contributed by atoms with van der Waals surface area (Å²) in [6, 6.07) is 14.0. The van der Waals surface area contributed by atoms with E-state index in [2.05, 4.69) is 29.4 Å². The van der Waals surface area contributed by atoms with Crippen molar-refractivity contribution < 1.29 is 5.11 Å². The Labute approximate surface area is 176 Å². The zero-order valence-electron chi connectivity index (χ0n) is 17.1. The average Bonchev–Trinajstić information content (AvgIpc) is 2.68. The number of aliphatic hydroxyl groups is 1. The Balaban J connectivity index is 1.89. The van der Waals surface area contributed by atoms with Gasteiger partial charge >= 0.3 is 0 Å². The highest BCUT2D eigenvalue weighted by Gasteiger charge is 2.15. The average molecular weight is 410 g/mol. The molecule has 1 aromatic heterocycles. The van der Waals surface area contributed by atoms with E-state index in [-0.39, 0.29) is 12.2 Å². The van der Waals surface area contributed by atoms with E-state index < -0.39 is 0 Å². The standard InChI is InChI=1S/C23H27N3O2S/c1-4-17-7-5-6-8-20(17)25-23(29)26(9-10-27)14-18-13-19-16(3)11-15(2)12-21(19)24-22(18)28/h5-8,11-13,27H,4,9-10,14H2,1-3H3,(H,24,28)(H,25,29). The van der Waals surface area contributed by atoms with E-state index in [4.69, 9.17) is 12.2 Å². The fourth-order valence-electron chi connectivity index (χ4n) is 3.56. The van der Waals surface area contributed by atoms with Crippen LogP contribution < -0.4 is 10.9 Å². The summed E-state index contributed by atoms with van der Waals surface area (Å²) >= 11 is 5.60. The Morgan fingerprint density at radius 1 is 1.17 bits per heavy atom. The quantitative estimate of drug-likeness (QED) is 0.539. The second-order valence-corrected chi connectivity index (χ2v) is 7.64. The number of rotatable bonds is 6.